The van der Waals surface area contributed by atoms with Gasteiger partial charge >= 0.3 is 0 Å². The van der Waals surface area contributed by atoms with Gasteiger partial charge in [-0.2, -0.15) is 4.52 Å². The summed E-state index contributed by atoms with van der Waals surface area (Å²) in [6.45, 7) is 5.05. The summed E-state index contributed by atoms with van der Waals surface area (Å²) < 4.78 is 1.68. The lowest BCUT2D eigenvalue weighted by Gasteiger charge is -2.36. The summed E-state index contributed by atoms with van der Waals surface area (Å²) in [5.74, 6) is 1.05. The summed E-state index contributed by atoms with van der Waals surface area (Å²) in [6, 6.07) is 13.9. The molecule has 7 nitrogen and oxygen atoms in total. The molecule has 1 aromatic carbocycles. The predicted octanol–water partition coefficient (Wildman–Crippen LogP) is 1.97. The Morgan fingerprint density at radius 2 is 1.85 bits per heavy atom. The van der Waals surface area contributed by atoms with Crippen LogP contribution in [0.15, 0.2) is 48.8 Å². The first-order valence-corrected chi connectivity index (χ1v) is 9.02. The Morgan fingerprint density at radius 1 is 1.08 bits per heavy atom. The number of piperazine rings is 1. The SMILES string of the molecule is CCC(C(=O)N1CCN(c2ccc3nncn3n2)CC1)c1ccccc1. The van der Waals surface area contributed by atoms with E-state index in [0.29, 0.717) is 13.1 Å². The van der Waals surface area contributed by atoms with Gasteiger partial charge in [-0.1, -0.05) is 37.3 Å². The highest BCUT2D eigenvalue weighted by Gasteiger charge is 2.27. The molecule has 7 heteroatoms. The van der Waals surface area contributed by atoms with Crippen molar-refractivity contribution in [3.05, 3.63) is 54.4 Å². The van der Waals surface area contributed by atoms with Crippen molar-refractivity contribution in [1.82, 2.24) is 24.7 Å². The molecule has 1 fully saturated rings. The molecule has 26 heavy (non-hydrogen) atoms. The fourth-order valence-corrected chi connectivity index (χ4v) is 3.50. The van der Waals surface area contributed by atoms with Crippen molar-refractivity contribution < 1.29 is 4.79 Å². The molecule has 3 heterocycles. The molecule has 4 rings (SSSR count). The summed E-state index contributed by atoms with van der Waals surface area (Å²) in [5.41, 5.74) is 1.83. The standard InChI is InChI=1S/C19H22N6O/c1-2-16(15-6-4-3-5-7-15)19(26)24-12-10-23(11-13-24)18-9-8-17-21-20-14-25(17)22-18/h3-9,14,16H,2,10-13H2,1H3. The first kappa shape index (κ1) is 16.5. The number of hydrogen-bond donors (Lipinski definition) is 0. The Balaban J connectivity index is 1.43. The molecule has 0 aliphatic carbocycles. The van der Waals surface area contributed by atoms with Gasteiger partial charge in [-0.25, -0.2) is 0 Å². The normalized spacial score (nSPS) is 16.0. The monoisotopic (exact) mass is 350 g/mol. The molecule has 1 aliphatic rings. The maximum Gasteiger partial charge on any atom is 0.230 e. The number of anilines is 1. The Kier molecular flexibility index (Phi) is 4.51. The Bertz CT molecular complexity index is 885. The van der Waals surface area contributed by atoms with E-state index >= 15 is 0 Å². The number of carbonyl (C=O) groups is 1. The minimum Gasteiger partial charge on any atom is -0.352 e. The zero-order chi connectivity index (χ0) is 17.9. The van der Waals surface area contributed by atoms with Gasteiger partial charge in [-0.3, -0.25) is 4.79 Å². The van der Waals surface area contributed by atoms with Crippen molar-refractivity contribution in [2.45, 2.75) is 19.3 Å². The highest BCUT2D eigenvalue weighted by Crippen LogP contribution is 2.23. The first-order valence-electron chi connectivity index (χ1n) is 9.02. The molecule has 1 amide bonds. The van der Waals surface area contributed by atoms with Crippen LogP contribution in [0.25, 0.3) is 5.65 Å². The Labute approximate surface area is 152 Å². The number of carbonyl (C=O) groups excluding carboxylic acids is 1. The molecular formula is C19H22N6O. The summed E-state index contributed by atoms with van der Waals surface area (Å²) in [4.78, 5) is 17.2. The summed E-state index contributed by atoms with van der Waals surface area (Å²) in [5, 5.41) is 12.4. The maximum atomic E-state index is 13.0. The van der Waals surface area contributed by atoms with E-state index in [2.05, 4.69) is 27.1 Å². The molecule has 2 aromatic heterocycles. The van der Waals surface area contributed by atoms with Crippen LogP contribution < -0.4 is 4.90 Å². The van der Waals surface area contributed by atoms with Gasteiger partial charge in [0.05, 0.1) is 5.92 Å². The van der Waals surface area contributed by atoms with Crippen LogP contribution in [0, 0.1) is 0 Å². The van der Waals surface area contributed by atoms with Crippen LogP contribution in [-0.4, -0.2) is 56.8 Å². The van der Waals surface area contributed by atoms with Crippen LogP contribution >= 0.6 is 0 Å². The number of nitrogens with zero attached hydrogens (tertiary/aromatic N) is 6. The van der Waals surface area contributed by atoms with E-state index in [9.17, 15) is 4.79 Å². The average molecular weight is 350 g/mol. The van der Waals surface area contributed by atoms with E-state index in [4.69, 9.17) is 0 Å². The van der Waals surface area contributed by atoms with E-state index in [1.54, 1.807) is 10.8 Å². The molecule has 134 valence electrons. The molecule has 1 unspecified atom stereocenters. The third-order valence-electron chi connectivity index (χ3n) is 4.97. The third kappa shape index (κ3) is 3.12. The van der Waals surface area contributed by atoms with E-state index in [1.165, 1.54) is 0 Å². The fraction of sp³-hybridized carbons (Fsp3) is 0.368. The number of hydrogen-bond acceptors (Lipinski definition) is 5. The van der Waals surface area contributed by atoms with Gasteiger partial charge in [0.2, 0.25) is 5.91 Å². The molecule has 0 bridgehead atoms. The molecule has 0 radical (unpaired) electrons. The smallest absolute Gasteiger partial charge is 0.230 e. The highest BCUT2D eigenvalue weighted by atomic mass is 16.2. The second kappa shape index (κ2) is 7.11. The van der Waals surface area contributed by atoms with Crippen molar-refractivity contribution >= 4 is 17.4 Å². The number of benzene rings is 1. The molecule has 1 atom stereocenters. The molecular weight excluding hydrogens is 328 g/mol. The quantitative estimate of drug-likeness (QED) is 0.720. The Morgan fingerprint density at radius 3 is 2.58 bits per heavy atom. The van der Waals surface area contributed by atoms with Gasteiger partial charge in [0, 0.05) is 26.2 Å². The van der Waals surface area contributed by atoms with E-state index in [0.717, 1.165) is 36.5 Å². The summed E-state index contributed by atoms with van der Waals surface area (Å²) >= 11 is 0. The first-order chi connectivity index (χ1) is 12.8. The molecule has 1 aliphatic heterocycles. The van der Waals surface area contributed by atoms with E-state index in [-0.39, 0.29) is 11.8 Å². The highest BCUT2D eigenvalue weighted by molar-refractivity contribution is 5.84. The molecule has 0 saturated carbocycles. The van der Waals surface area contributed by atoms with Crippen molar-refractivity contribution in [2.24, 2.45) is 0 Å². The lowest BCUT2D eigenvalue weighted by atomic mass is 9.95. The van der Waals surface area contributed by atoms with Crippen LogP contribution in [-0.2, 0) is 4.79 Å². The fourth-order valence-electron chi connectivity index (χ4n) is 3.50. The summed E-state index contributed by atoms with van der Waals surface area (Å²) in [7, 11) is 0. The summed E-state index contributed by atoms with van der Waals surface area (Å²) in [6.07, 6.45) is 2.42. The van der Waals surface area contributed by atoms with Crippen molar-refractivity contribution in [3.8, 4) is 0 Å². The zero-order valence-corrected chi connectivity index (χ0v) is 14.8. The minimum absolute atomic E-state index is 0.0609. The Hall–Kier alpha value is -2.96. The van der Waals surface area contributed by atoms with Gasteiger partial charge in [0.1, 0.15) is 12.1 Å². The van der Waals surface area contributed by atoms with E-state index in [1.807, 2.05) is 47.4 Å². The van der Waals surface area contributed by atoms with Crippen LogP contribution in [0.5, 0.6) is 0 Å². The van der Waals surface area contributed by atoms with Gasteiger partial charge < -0.3 is 9.80 Å². The van der Waals surface area contributed by atoms with Crippen LogP contribution in [0.1, 0.15) is 24.8 Å². The van der Waals surface area contributed by atoms with Gasteiger partial charge in [-0.05, 0) is 24.1 Å². The minimum atomic E-state index is -0.0609. The second-order valence-corrected chi connectivity index (χ2v) is 6.51. The van der Waals surface area contributed by atoms with Gasteiger partial charge in [0.15, 0.2) is 5.65 Å². The van der Waals surface area contributed by atoms with Crippen molar-refractivity contribution in [2.75, 3.05) is 31.1 Å². The van der Waals surface area contributed by atoms with Crippen molar-refractivity contribution in [1.29, 1.82) is 0 Å². The lowest BCUT2D eigenvalue weighted by Crippen LogP contribution is -2.50. The molecule has 0 N–H and O–H groups in total. The van der Waals surface area contributed by atoms with Crippen LogP contribution in [0.3, 0.4) is 0 Å². The number of fused-ring (bicyclic) bond motifs is 1. The number of amides is 1. The maximum absolute atomic E-state index is 13.0. The zero-order valence-electron chi connectivity index (χ0n) is 14.8. The van der Waals surface area contributed by atoms with Gasteiger partial charge in [-0.15, -0.1) is 15.3 Å². The topological polar surface area (TPSA) is 66.6 Å². The molecule has 3 aromatic rings. The van der Waals surface area contributed by atoms with E-state index < -0.39 is 0 Å². The third-order valence-corrected chi connectivity index (χ3v) is 4.97. The second-order valence-electron chi connectivity index (χ2n) is 6.51. The average Bonchev–Trinajstić information content (AvgIpc) is 3.17. The van der Waals surface area contributed by atoms with Crippen LogP contribution in [0.4, 0.5) is 5.82 Å². The molecule has 1 saturated heterocycles. The predicted molar refractivity (Wildman–Crippen MR) is 99.0 cm³/mol. The number of aromatic nitrogens is 4. The molecule has 0 spiro atoms. The van der Waals surface area contributed by atoms with Crippen LogP contribution in [0.2, 0.25) is 0 Å². The number of rotatable bonds is 4. The van der Waals surface area contributed by atoms with Crippen molar-refractivity contribution in [3.63, 3.8) is 0 Å². The van der Waals surface area contributed by atoms with Gasteiger partial charge in [0.25, 0.3) is 0 Å². The lowest BCUT2D eigenvalue weighted by molar-refractivity contribution is -0.133. The largest absolute Gasteiger partial charge is 0.352 e.